The number of rotatable bonds is 6. The molecule has 2 rings (SSSR count). The molecule has 116 valence electrons. The van der Waals surface area contributed by atoms with Crippen LogP contribution < -0.4 is 19.7 Å². The summed E-state index contributed by atoms with van der Waals surface area (Å²) in [5.74, 6) is 1.39. The highest BCUT2D eigenvalue weighted by molar-refractivity contribution is 5.91. The molecular weight excluding hydrogens is 268 g/mol. The molecule has 0 aliphatic carbocycles. The molecule has 0 saturated carbocycles. The van der Waals surface area contributed by atoms with E-state index in [4.69, 9.17) is 9.47 Å². The van der Waals surface area contributed by atoms with Gasteiger partial charge in [-0.1, -0.05) is 0 Å². The summed E-state index contributed by atoms with van der Waals surface area (Å²) >= 11 is 0. The second-order valence-corrected chi connectivity index (χ2v) is 5.46. The van der Waals surface area contributed by atoms with Crippen molar-refractivity contribution < 1.29 is 19.2 Å². The molecule has 1 aliphatic rings. The lowest BCUT2D eigenvalue weighted by molar-refractivity contribution is -0.904. The number of nitrogens with one attached hydrogen (secondary N) is 2. The average Bonchev–Trinajstić information content (AvgIpc) is 2.53. The molecule has 1 heterocycles. The van der Waals surface area contributed by atoms with E-state index in [-0.39, 0.29) is 5.91 Å². The first-order valence-corrected chi connectivity index (χ1v) is 7.58. The third kappa shape index (κ3) is 4.93. The Hall–Kier alpha value is -1.75. The number of amides is 1. The van der Waals surface area contributed by atoms with E-state index in [1.165, 1.54) is 32.4 Å². The van der Waals surface area contributed by atoms with E-state index in [2.05, 4.69) is 5.32 Å². The van der Waals surface area contributed by atoms with Gasteiger partial charge in [0.1, 0.15) is 11.5 Å². The Bertz CT molecular complexity index is 448. The van der Waals surface area contributed by atoms with Gasteiger partial charge in [0.15, 0.2) is 0 Å². The first-order valence-electron chi connectivity index (χ1n) is 7.58. The molecule has 0 spiro atoms. The van der Waals surface area contributed by atoms with E-state index in [1.54, 1.807) is 37.3 Å². The van der Waals surface area contributed by atoms with Crippen molar-refractivity contribution in [2.45, 2.75) is 25.7 Å². The minimum absolute atomic E-state index is 0.0448. The number of ether oxygens (including phenoxy) is 2. The molecule has 1 aromatic rings. The first kappa shape index (κ1) is 15.6. The lowest BCUT2D eigenvalue weighted by atomic mass is 10.1. The number of hydrogen-bond acceptors (Lipinski definition) is 3. The summed E-state index contributed by atoms with van der Waals surface area (Å²) in [7, 11) is 3.19. The molecule has 1 amide bonds. The number of likely N-dealkylation sites (tertiary alicyclic amines) is 1. The van der Waals surface area contributed by atoms with Crippen LogP contribution in [0.3, 0.4) is 0 Å². The van der Waals surface area contributed by atoms with E-state index < -0.39 is 0 Å². The molecule has 0 aromatic heterocycles. The second kappa shape index (κ2) is 7.88. The van der Waals surface area contributed by atoms with Crippen molar-refractivity contribution in [3.63, 3.8) is 0 Å². The fourth-order valence-corrected chi connectivity index (χ4v) is 2.70. The molecule has 1 aliphatic heterocycles. The molecule has 1 fully saturated rings. The Balaban J connectivity index is 1.86. The summed E-state index contributed by atoms with van der Waals surface area (Å²) in [6.07, 6.45) is 4.45. The topological polar surface area (TPSA) is 52.0 Å². The Labute approximate surface area is 126 Å². The first-order chi connectivity index (χ1) is 10.2. The molecule has 5 heteroatoms. The number of methoxy groups -OCH3 is 2. The lowest BCUT2D eigenvalue weighted by Gasteiger charge is -2.23. The normalized spacial score (nSPS) is 15.5. The predicted molar refractivity (Wildman–Crippen MR) is 82.2 cm³/mol. The Morgan fingerprint density at radius 1 is 1.10 bits per heavy atom. The standard InChI is InChI=1S/C16H24N2O3/c1-20-14-10-13(11-15(12-14)21-2)17-16(19)6-9-18-7-4-3-5-8-18/h10-12H,3-9H2,1-2H3,(H,17,19)/p+1. The molecule has 0 radical (unpaired) electrons. The van der Waals surface area contributed by atoms with Gasteiger partial charge in [0, 0.05) is 23.9 Å². The van der Waals surface area contributed by atoms with Crippen LogP contribution in [0, 0.1) is 0 Å². The molecule has 5 nitrogen and oxygen atoms in total. The van der Waals surface area contributed by atoms with Crippen molar-refractivity contribution in [2.75, 3.05) is 39.2 Å². The summed E-state index contributed by atoms with van der Waals surface area (Å²) < 4.78 is 10.4. The van der Waals surface area contributed by atoms with Crippen molar-refractivity contribution in [1.82, 2.24) is 0 Å². The zero-order valence-corrected chi connectivity index (χ0v) is 12.9. The van der Waals surface area contributed by atoms with Crippen LogP contribution in [0.15, 0.2) is 18.2 Å². The van der Waals surface area contributed by atoms with E-state index in [0.717, 1.165) is 6.54 Å². The zero-order valence-electron chi connectivity index (χ0n) is 12.9. The maximum Gasteiger partial charge on any atom is 0.230 e. The van der Waals surface area contributed by atoms with Crippen LogP contribution in [0.5, 0.6) is 11.5 Å². The van der Waals surface area contributed by atoms with Crippen LogP contribution in [0.25, 0.3) is 0 Å². The number of quaternary nitrogens is 1. The smallest absolute Gasteiger partial charge is 0.230 e. The second-order valence-electron chi connectivity index (χ2n) is 5.46. The third-order valence-corrected chi connectivity index (χ3v) is 3.90. The number of carbonyl (C=O) groups excluding carboxylic acids is 1. The van der Waals surface area contributed by atoms with Gasteiger partial charge < -0.3 is 19.7 Å². The summed E-state index contributed by atoms with van der Waals surface area (Å²) in [4.78, 5) is 13.6. The van der Waals surface area contributed by atoms with Gasteiger partial charge in [-0.3, -0.25) is 4.79 Å². The van der Waals surface area contributed by atoms with Gasteiger partial charge in [-0.25, -0.2) is 0 Å². The number of anilines is 1. The quantitative estimate of drug-likeness (QED) is 0.826. The van der Waals surface area contributed by atoms with Gasteiger partial charge in [0.05, 0.1) is 40.3 Å². The summed E-state index contributed by atoms with van der Waals surface area (Å²) in [5, 5.41) is 2.92. The fourth-order valence-electron chi connectivity index (χ4n) is 2.70. The number of benzene rings is 1. The monoisotopic (exact) mass is 293 g/mol. The molecule has 2 N–H and O–H groups in total. The third-order valence-electron chi connectivity index (χ3n) is 3.90. The molecule has 21 heavy (non-hydrogen) atoms. The highest BCUT2D eigenvalue weighted by atomic mass is 16.5. The van der Waals surface area contributed by atoms with Crippen molar-refractivity contribution >= 4 is 11.6 Å². The average molecular weight is 293 g/mol. The van der Waals surface area contributed by atoms with Gasteiger partial charge in [0.25, 0.3) is 0 Å². The van der Waals surface area contributed by atoms with Crippen molar-refractivity contribution in [1.29, 1.82) is 0 Å². The van der Waals surface area contributed by atoms with Crippen LogP contribution >= 0.6 is 0 Å². The fraction of sp³-hybridized carbons (Fsp3) is 0.562. The van der Waals surface area contributed by atoms with Crippen LogP contribution in [-0.2, 0) is 4.79 Å². The summed E-state index contributed by atoms with van der Waals surface area (Å²) in [6, 6.07) is 5.38. The van der Waals surface area contributed by atoms with Crippen LogP contribution in [-0.4, -0.2) is 39.8 Å². The predicted octanol–water partition coefficient (Wildman–Crippen LogP) is 1.10. The van der Waals surface area contributed by atoms with E-state index >= 15 is 0 Å². The molecule has 0 atom stereocenters. The number of carbonyl (C=O) groups is 1. The van der Waals surface area contributed by atoms with E-state index in [0.29, 0.717) is 23.6 Å². The molecule has 0 bridgehead atoms. The maximum absolute atomic E-state index is 12.0. The molecule has 1 saturated heterocycles. The van der Waals surface area contributed by atoms with Crippen molar-refractivity contribution in [3.05, 3.63) is 18.2 Å². The van der Waals surface area contributed by atoms with Crippen LogP contribution in [0.4, 0.5) is 5.69 Å². The van der Waals surface area contributed by atoms with Crippen LogP contribution in [0.2, 0.25) is 0 Å². The highest BCUT2D eigenvalue weighted by Gasteiger charge is 2.15. The maximum atomic E-state index is 12.0. The molecular formula is C16H25N2O3+. The van der Waals surface area contributed by atoms with E-state index in [9.17, 15) is 4.79 Å². The Morgan fingerprint density at radius 3 is 2.29 bits per heavy atom. The molecule has 0 unspecified atom stereocenters. The lowest BCUT2D eigenvalue weighted by Crippen LogP contribution is -3.12. The molecule has 1 aromatic carbocycles. The van der Waals surface area contributed by atoms with Gasteiger partial charge in [-0.15, -0.1) is 0 Å². The Kier molecular flexibility index (Phi) is 5.87. The van der Waals surface area contributed by atoms with Gasteiger partial charge in [-0.2, -0.15) is 0 Å². The van der Waals surface area contributed by atoms with Gasteiger partial charge >= 0.3 is 0 Å². The van der Waals surface area contributed by atoms with Crippen molar-refractivity contribution in [3.8, 4) is 11.5 Å². The highest BCUT2D eigenvalue weighted by Crippen LogP contribution is 2.25. The summed E-state index contributed by atoms with van der Waals surface area (Å²) in [6.45, 7) is 3.30. The minimum atomic E-state index is 0.0448. The Morgan fingerprint density at radius 2 is 1.71 bits per heavy atom. The van der Waals surface area contributed by atoms with Gasteiger partial charge in [-0.05, 0) is 19.3 Å². The summed E-state index contributed by atoms with van der Waals surface area (Å²) in [5.41, 5.74) is 0.713. The largest absolute Gasteiger partial charge is 0.497 e. The number of hydrogen-bond donors (Lipinski definition) is 2. The van der Waals surface area contributed by atoms with E-state index in [1.807, 2.05) is 0 Å². The SMILES string of the molecule is COc1cc(NC(=O)CC[NH+]2CCCCC2)cc(OC)c1. The van der Waals surface area contributed by atoms with Gasteiger partial charge in [0.2, 0.25) is 5.91 Å². The van der Waals surface area contributed by atoms with Crippen molar-refractivity contribution in [2.24, 2.45) is 0 Å². The number of piperidine rings is 1. The zero-order chi connectivity index (χ0) is 15.1. The minimum Gasteiger partial charge on any atom is -0.497 e. The van der Waals surface area contributed by atoms with Crippen LogP contribution in [0.1, 0.15) is 25.7 Å².